The molecule has 0 unspecified atom stereocenters. The van der Waals surface area contributed by atoms with Gasteiger partial charge in [0.25, 0.3) is 5.91 Å². The maximum Gasteiger partial charge on any atom is 0.254 e. The molecule has 0 spiro atoms. The molecule has 1 aliphatic rings. The van der Waals surface area contributed by atoms with E-state index < -0.39 is 10.0 Å². The van der Waals surface area contributed by atoms with Crippen LogP contribution in [0.25, 0.3) is 0 Å². The van der Waals surface area contributed by atoms with Gasteiger partial charge in [-0.05, 0) is 36.2 Å². The number of aromatic nitrogens is 1. The van der Waals surface area contributed by atoms with Crippen LogP contribution in [0.4, 0.5) is 0 Å². The number of carbonyl (C=O) groups is 1. The Bertz CT molecular complexity index is 843. The van der Waals surface area contributed by atoms with Crippen LogP contribution in [0.15, 0.2) is 53.7 Å². The smallest absolute Gasteiger partial charge is 0.254 e. The average molecular weight is 373 g/mol. The highest BCUT2D eigenvalue weighted by atomic mass is 32.2. The molecule has 1 amide bonds. The normalized spacial score (nSPS) is 15.8. The molecule has 6 nitrogen and oxygen atoms in total. The molecule has 0 bridgehead atoms. The van der Waals surface area contributed by atoms with Crippen LogP contribution in [0.2, 0.25) is 0 Å². The molecule has 0 aliphatic carbocycles. The van der Waals surface area contributed by atoms with Crippen LogP contribution in [0.1, 0.15) is 29.3 Å². The highest BCUT2D eigenvalue weighted by molar-refractivity contribution is 7.89. The predicted molar refractivity (Wildman–Crippen MR) is 99.3 cm³/mol. The summed E-state index contributed by atoms with van der Waals surface area (Å²) in [5.41, 5.74) is 1.71. The van der Waals surface area contributed by atoms with Crippen molar-refractivity contribution < 1.29 is 13.2 Å². The molecule has 2 aromatic rings. The molecule has 1 saturated heterocycles. The van der Waals surface area contributed by atoms with Crippen LogP contribution >= 0.6 is 0 Å². The molecule has 0 N–H and O–H groups in total. The molecule has 138 valence electrons. The Balaban J connectivity index is 1.66. The summed E-state index contributed by atoms with van der Waals surface area (Å²) in [6, 6.07) is 10.4. The van der Waals surface area contributed by atoms with Crippen molar-refractivity contribution in [3.05, 3.63) is 59.9 Å². The lowest BCUT2D eigenvalue weighted by Gasteiger charge is -2.34. The molecule has 1 aromatic carbocycles. The van der Waals surface area contributed by atoms with E-state index in [0.717, 1.165) is 18.4 Å². The first-order chi connectivity index (χ1) is 12.5. The zero-order chi connectivity index (χ0) is 18.6. The molecule has 7 heteroatoms. The van der Waals surface area contributed by atoms with E-state index in [9.17, 15) is 13.2 Å². The molecule has 2 heterocycles. The van der Waals surface area contributed by atoms with Gasteiger partial charge >= 0.3 is 0 Å². The fourth-order valence-electron chi connectivity index (χ4n) is 3.07. The van der Waals surface area contributed by atoms with Gasteiger partial charge in [0.05, 0.1) is 4.90 Å². The fourth-order valence-corrected chi connectivity index (χ4v) is 4.50. The van der Waals surface area contributed by atoms with E-state index in [-0.39, 0.29) is 5.91 Å². The van der Waals surface area contributed by atoms with Crippen LogP contribution in [0.3, 0.4) is 0 Å². The lowest BCUT2D eigenvalue weighted by atomic mass is 10.1. The number of rotatable bonds is 5. The van der Waals surface area contributed by atoms with E-state index in [1.807, 2.05) is 12.1 Å². The zero-order valence-electron chi connectivity index (χ0n) is 14.8. The summed E-state index contributed by atoms with van der Waals surface area (Å²) >= 11 is 0. The van der Waals surface area contributed by atoms with Crippen LogP contribution < -0.4 is 0 Å². The number of amides is 1. The van der Waals surface area contributed by atoms with Crippen LogP contribution in [0, 0.1) is 0 Å². The number of nitrogens with zero attached hydrogens (tertiary/aromatic N) is 3. The Hall–Kier alpha value is -2.25. The van der Waals surface area contributed by atoms with Gasteiger partial charge in [0, 0.05) is 44.1 Å². The van der Waals surface area contributed by atoms with Crippen LogP contribution in [-0.2, 0) is 16.4 Å². The Morgan fingerprint density at radius 1 is 1.00 bits per heavy atom. The highest BCUT2D eigenvalue weighted by Gasteiger charge is 2.30. The number of pyridine rings is 1. The van der Waals surface area contributed by atoms with Gasteiger partial charge in [0.15, 0.2) is 0 Å². The third-order valence-corrected chi connectivity index (χ3v) is 6.47. The first-order valence-corrected chi connectivity index (χ1v) is 10.2. The molecule has 1 aromatic heterocycles. The molecular weight excluding hydrogens is 350 g/mol. The molecule has 0 radical (unpaired) electrons. The number of aryl methyl sites for hydroxylation is 1. The Morgan fingerprint density at radius 2 is 1.62 bits per heavy atom. The summed E-state index contributed by atoms with van der Waals surface area (Å²) in [7, 11) is -3.52. The number of hydrogen-bond acceptors (Lipinski definition) is 4. The molecule has 0 atom stereocenters. The third-order valence-electron chi connectivity index (χ3n) is 4.55. The Morgan fingerprint density at radius 3 is 2.19 bits per heavy atom. The summed E-state index contributed by atoms with van der Waals surface area (Å²) < 4.78 is 27.1. The van der Waals surface area contributed by atoms with Gasteiger partial charge in [-0.1, -0.05) is 25.5 Å². The van der Waals surface area contributed by atoms with E-state index in [0.29, 0.717) is 36.6 Å². The number of hydrogen-bond donors (Lipinski definition) is 0. The maximum absolute atomic E-state index is 12.8. The number of sulfonamides is 1. The second-order valence-corrected chi connectivity index (χ2v) is 8.26. The molecule has 1 fully saturated rings. The lowest BCUT2D eigenvalue weighted by Crippen LogP contribution is -2.50. The maximum atomic E-state index is 12.8. The summed E-state index contributed by atoms with van der Waals surface area (Å²) in [5.74, 6) is -0.0895. The van der Waals surface area contributed by atoms with E-state index in [1.165, 1.54) is 4.31 Å². The second kappa shape index (κ2) is 7.97. The predicted octanol–water partition coefficient (Wildman–Crippen LogP) is 2.18. The highest BCUT2D eigenvalue weighted by Crippen LogP contribution is 2.19. The number of benzene rings is 1. The summed E-state index contributed by atoms with van der Waals surface area (Å²) in [5, 5.41) is 0. The van der Waals surface area contributed by atoms with E-state index in [2.05, 4.69) is 11.9 Å². The van der Waals surface area contributed by atoms with Crippen molar-refractivity contribution >= 4 is 15.9 Å². The quantitative estimate of drug-likeness (QED) is 0.805. The Labute approximate surface area is 154 Å². The molecule has 0 saturated carbocycles. The van der Waals surface area contributed by atoms with Crippen LogP contribution in [0.5, 0.6) is 0 Å². The zero-order valence-corrected chi connectivity index (χ0v) is 15.7. The first-order valence-electron chi connectivity index (χ1n) is 8.81. The fraction of sp³-hybridized carbons (Fsp3) is 0.368. The largest absolute Gasteiger partial charge is 0.336 e. The van der Waals surface area contributed by atoms with Crippen molar-refractivity contribution in [2.24, 2.45) is 0 Å². The first kappa shape index (κ1) is 18.5. The van der Waals surface area contributed by atoms with Crippen molar-refractivity contribution in [3.8, 4) is 0 Å². The van der Waals surface area contributed by atoms with Gasteiger partial charge < -0.3 is 4.90 Å². The topological polar surface area (TPSA) is 70.6 Å². The van der Waals surface area contributed by atoms with Gasteiger partial charge in [-0.2, -0.15) is 4.31 Å². The minimum Gasteiger partial charge on any atom is -0.336 e. The van der Waals surface area contributed by atoms with Gasteiger partial charge in [0.1, 0.15) is 0 Å². The third kappa shape index (κ3) is 3.94. The lowest BCUT2D eigenvalue weighted by molar-refractivity contribution is 0.0698. The number of carbonyl (C=O) groups excluding carboxylic acids is 1. The van der Waals surface area contributed by atoms with Crippen molar-refractivity contribution in [1.29, 1.82) is 0 Å². The summed E-state index contributed by atoms with van der Waals surface area (Å²) in [4.78, 5) is 18.4. The second-order valence-electron chi connectivity index (χ2n) is 6.33. The summed E-state index contributed by atoms with van der Waals surface area (Å²) in [6.07, 6.45) is 5.13. The van der Waals surface area contributed by atoms with E-state index in [4.69, 9.17) is 0 Å². The monoisotopic (exact) mass is 373 g/mol. The van der Waals surface area contributed by atoms with Gasteiger partial charge in [-0.15, -0.1) is 0 Å². The van der Waals surface area contributed by atoms with Gasteiger partial charge in [0.2, 0.25) is 10.0 Å². The van der Waals surface area contributed by atoms with Gasteiger partial charge in [-0.25, -0.2) is 8.42 Å². The number of piperazine rings is 1. The summed E-state index contributed by atoms with van der Waals surface area (Å²) in [6.45, 7) is 3.46. The molecular formula is C19H23N3O3S. The van der Waals surface area contributed by atoms with Crippen molar-refractivity contribution in [2.75, 3.05) is 26.2 Å². The van der Waals surface area contributed by atoms with Crippen molar-refractivity contribution in [3.63, 3.8) is 0 Å². The van der Waals surface area contributed by atoms with E-state index in [1.54, 1.807) is 41.6 Å². The minimum atomic E-state index is -3.52. The van der Waals surface area contributed by atoms with Gasteiger partial charge in [-0.3, -0.25) is 9.78 Å². The van der Waals surface area contributed by atoms with E-state index >= 15 is 0 Å². The minimum absolute atomic E-state index is 0.0895. The standard InChI is InChI=1S/C19H23N3O3S/c1-2-3-16-4-6-18(7-5-16)26(24,25)22-14-12-21(13-15-22)19(23)17-8-10-20-11-9-17/h4-11H,2-3,12-15H2,1H3. The average Bonchev–Trinajstić information content (AvgIpc) is 2.69. The SMILES string of the molecule is CCCc1ccc(S(=O)(=O)N2CCN(C(=O)c3ccncc3)CC2)cc1. The van der Waals surface area contributed by atoms with Crippen LogP contribution in [-0.4, -0.2) is 54.7 Å². The molecule has 3 rings (SSSR count). The molecule has 1 aliphatic heterocycles. The van der Waals surface area contributed by atoms with Crippen molar-refractivity contribution in [2.45, 2.75) is 24.7 Å². The van der Waals surface area contributed by atoms with Crippen molar-refractivity contribution in [1.82, 2.24) is 14.2 Å². The molecule has 26 heavy (non-hydrogen) atoms. The Kier molecular flexibility index (Phi) is 5.68.